The van der Waals surface area contributed by atoms with Crippen molar-refractivity contribution >= 4 is 33.9 Å². The second-order valence-electron chi connectivity index (χ2n) is 7.69. The fourth-order valence-corrected chi connectivity index (χ4v) is 4.35. The molecule has 32 heavy (non-hydrogen) atoms. The maximum Gasteiger partial charge on any atom is 0.224 e. The first kappa shape index (κ1) is 21.8. The van der Waals surface area contributed by atoms with E-state index in [0.717, 1.165) is 43.9 Å². The van der Waals surface area contributed by atoms with Crippen molar-refractivity contribution < 1.29 is 13.4 Å². The zero-order chi connectivity index (χ0) is 22.7. The molecule has 4 rings (SSSR count). The van der Waals surface area contributed by atoms with Gasteiger partial charge in [0, 0.05) is 40.9 Å². The lowest BCUT2D eigenvalue weighted by atomic mass is 10.0. The second kappa shape index (κ2) is 9.40. The number of aromatic nitrogens is 1. The molecule has 1 aliphatic rings. The molecule has 1 aromatic heterocycles. The molecule has 1 amide bonds. The molecule has 0 saturated heterocycles. The predicted octanol–water partition coefficient (Wildman–Crippen LogP) is 4.99. The number of pyridine rings is 1. The van der Waals surface area contributed by atoms with Crippen molar-refractivity contribution in [2.45, 2.75) is 24.8 Å². The van der Waals surface area contributed by atoms with Gasteiger partial charge in [0.25, 0.3) is 0 Å². The molecule has 1 aliphatic carbocycles. The van der Waals surface area contributed by atoms with Gasteiger partial charge in [0.05, 0.1) is 6.42 Å². The molecule has 0 radical (unpaired) electrons. The Morgan fingerprint density at radius 3 is 2.59 bits per heavy atom. The van der Waals surface area contributed by atoms with Crippen LogP contribution in [-0.4, -0.2) is 21.4 Å². The Bertz CT molecular complexity index is 1250. The predicted molar refractivity (Wildman–Crippen MR) is 126 cm³/mol. The van der Waals surface area contributed by atoms with E-state index in [-0.39, 0.29) is 18.1 Å². The van der Waals surface area contributed by atoms with E-state index in [9.17, 15) is 13.4 Å². The minimum atomic E-state index is -1.04. The average molecular weight is 447 g/mol. The average Bonchev–Trinajstić information content (AvgIpc) is 3.04. The molecule has 0 bridgehead atoms. The van der Waals surface area contributed by atoms with Crippen LogP contribution >= 0.6 is 0 Å². The minimum absolute atomic E-state index is 0.130. The van der Waals surface area contributed by atoms with Gasteiger partial charge in [0.1, 0.15) is 5.82 Å². The third kappa shape index (κ3) is 4.75. The Labute approximate surface area is 189 Å². The van der Waals surface area contributed by atoms with E-state index in [2.05, 4.69) is 10.3 Å². The molecule has 2 aromatic carbocycles. The first-order chi connectivity index (χ1) is 15.4. The van der Waals surface area contributed by atoms with Crippen molar-refractivity contribution in [1.29, 1.82) is 0 Å². The van der Waals surface area contributed by atoms with Crippen LogP contribution in [0, 0.1) is 5.82 Å². The van der Waals surface area contributed by atoms with Crippen LogP contribution in [0.1, 0.15) is 35.6 Å². The monoisotopic (exact) mass is 446 g/mol. The second-order valence-corrected chi connectivity index (χ2v) is 9.07. The minimum Gasteiger partial charge on any atom is -0.352 e. The Kier molecular flexibility index (Phi) is 6.42. The van der Waals surface area contributed by atoms with Gasteiger partial charge in [0.2, 0.25) is 5.91 Å². The number of hydrogen-bond donors (Lipinski definition) is 1. The van der Waals surface area contributed by atoms with Crippen LogP contribution in [-0.2, 0) is 22.1 Å². The number of hydrogen-bond acceptors (Lipinski definition) is 3. The van der Waals surface area contributed by atoms with E-state index in [1.165, 1.54) is 12.1 Å². The van der Waals surface area contributed by atoms with E-state index in [4.69, 9.17) is 0 Å². The van der Waals surface area contributed by atoms with Gasteiger partial charge >= 0.3 is 0 Å². The third-order valence-corrected chi connectivity index (χ3v) is 6.46. The van der Waals surface area contributed by atoms with Crippen LogP contribution in [0.4, 0.5) is 4.39 Å². The Balaban J connectivity index is 1.62. The zero-order valence-corrected chi connectivity index (χ0v) is 18.7. The lowest BCUT2D eigenvalue weighted by molar-refractivity contribution is -0.120. The lowest BCUT2D eigenvalue weighted by Gasteiger charge is -2.08. The summed E-state index contributed by atoms with van der Waals surface area (Å²) in [5, 5.41) is 2.92. The molecule has 0 unspecified atom stereocenters. The summed E-state index contributed by atoms with van der Waals surface area (Å²) in [4.78, 5) is 17.5. The van der Waals surface area contributed by atoms with E-state index in [0.29, 0.717) is 6.54 Å². The largest absolute Gasteiger partial charge is 0.352 e. The van der Waals surface area contributed by atoms with Crippen molar-refractivity contribution in [2.24, 2.45) is 0 Å². The van der Waals surface area contributed by atoms with Gasteiger partial charge in [-0.25, -0.2) is 4.39 Å². The summed E-state index contributed by atoms with van der Waals surface area (Å²) in [6, 6.07) is 15.9. The molecule has 1 atom stereocenters. The van der Waals surface area contributed by atoms with Gasteiger partial charge in [-0.15, -0.1) is 0 Å². The molecule has 1 N–H and O–H groups in total. The number of benzene rings is 2. The van der Waals surface area contributed by atoms with Crippen LogP contribution in [0.3, 0.4) is 0 Å². The standard InChI is InChI=1S/C26H23FN2O2S/c1-17-23(12-18-5-8-21(9-6-18)32(2)31)22-10-7-20(27)13-25(22)24(17)14-26(30)29-16-19-4-3-11-28-15-19/h3-13,15H,14,16H2,1-2H3,(H,29,30)/b23-12+/t32-/m0/s1. The fourth-order valence-electron chi connectivity index (χ4n) is 3.83. The molecule has 0 fully saturated rings. The smallest absolute Gasteiger partial charge is 0.224 e. The van der Waals surface area contributed by atoms with Gasteiger partial charge in [-0.2, -0.15) is 0 Å². The van der Waals surface area contributed by atoms with Crippen molar-refractivity contribution in [2.75, 3.05) is 6.26 Å². The molecular weight excluding hydrogens is 423 g/mol. The number of amides is 1. The normalized spacial score (nSPS) is 15.0. The van der Waals surface area contributed by atoms with Crippen LogP contribution in [0.2, 0.25) is 0 Å². The molecule has 0 aliphatic heterocycles. The Morgan fingerprint density at radius 2 is 1.91 bits per heavy atom. The summed E-state index contributed by atoms with van der Waals surface area (Å²) in [7, 11) is -1.04. The summed E-state index contributed by atoms with van der Waals surface area (Å²) in [5.41, 5.74) is 6.25. The topological polar surface area (TPSA) is 59.1 Å². The van der Waals surface area contributed by atoms with Crippen molar-refractivity contribution in [3.05, 3.63) is 101 Å². The summed E-state index contributed by atoms with van der Waals surface area (Å²) >= 11 is 0. The summed E-state index contributed by atoms with van der Waals surface area (Å²) < 4.78 is 25.7. The van der Waals surface area contributed by atoms with Gasteiger partial charge in [0.15, 0.2) is 0 Å². The van der Waals surface area contributed by atoms with E-state index in [1.54, 1.807) is 24.7 Å². The SMILES string of the molecule is CC1=C(CC(=O)NCc2cccnc2)c2cc(F)ccc2/C1=C/c1ccc([S@](C)=O)cc1. The number of allylic oxidation sites excluding steroid dienone is 2. The highest BCUT2D eigenvalue weighted by Crippen LogP contribution is 2.43. The lowest BCUT2D eigenvalue weighted by Crippen LogP contribution is -2.22. The Morgan fingerprint density at radius 1 is 1.12 bits per heavy atom. The Hall–Kier alpha value is -3.38. The molecule has 0 saturated carbocycles. The van der Waals surface area contributed by atoms with Gasteiger partial charge in [-0.1, -0.05) is 24.3 Å². The molecular formula is C26H23FN2O2S. The van der Waals surface area contributed by atoms with E-state index >= 15 is 0 Å². The van der Waals surface area contributed by atoms with Crippen molar-refractivity contribution in [3.63, 3.8) is 0 Å². The van der Waals surface area contributed by atoms with Gasteiger partial charge < -0.3 is 5.32 Å². The third-order valence-electron chi connectivity index (χ3n) is 5.53. The summed E-state index contributed by atoms with van der Waals surface area (Å²) in [5.74, 6) is -0.463. The first-order valence-corrected chi connectivity index (χ1v) is 11.8. The number of nitrogens with zero attached hydrogens (tertiary/aromatic N) is 1. The van der Waals surface area contributed by atoms with Crippen molar-refractivity contribution in [1.82, 2.24) is 10.3 Å². The molecule has 1 heterocycles. The maximum absolute atomic E-state index is 14.1. The number of fused-ring (bicyclic) bond motifs is 1. The van der Waals surface area contributed by atoms with E-state index in [1.807, 2.05) is 49.4 Å². The molecule has 162 valence electrons. The molecule has 4 nitrogen and oxygen atoms in total. The molecule has 0 spiro atoms. The first-order valence-electron chi connectivity index (χ1n) is 10.2. The highest BCUT2D eigenvalue weighted by Gasteiger charge is 2.25. The summed E-state index contributed by atoms with van der Waals surface area (Å²) in [6.07, 6.45) is 7.23. The van der Waals surface area contributed by atoms with Crippen LogP contribution in [0.5, 0.6) is 0 Å². The molecule has 3 aromatic rings. The fraction of sp³-hybridized carbons (Fsp3) is 0.154. The highest BCUT2D eigenvalue weighted by molar-refractivity contribution is 7.84. The van der Waals surface area contributed by atoms with Crippen LogP contribution < -0.4 is 5.32 Å². The van der Waals surface area contributed by atoms with Gasteiger partial charge in [-0.3, -0.25) is 14.0 Å². The number of carbonyl (C=O) groups is 1. The number of rotatable bonds is 6. The number of carbonyl (C=O) groups excluding carboxylic acids is 1. The molecule has 6 heteroatoms. The maximum atomic E-state index is 14.1. The van der Waals surface area contributed by atoms with Gasteiger partial charge in [-0.05, 0) is 82.3 Å². The quantitative estimate of drug-likeness (QED) is 0.580. The van der Waals surface area contributed by atoms with E-state index < -0.39 is 10.8 Å². The zero-order valence-electron chi connectivity index (χ0n) is 17.9. The van der Waals surface area contributed by atoms with Crippen LogP contribution in [0.15, 0.2) is 77.5 Å². The summed E-state index contributed by atoms with van der Waals surface area (Å²) in [6.45, 7) is 2.35. The van der Waals surface area contributed by atoms with Crippen molar-refractivity contribution in [3.8, 4) is 0 Å². The highest BCUT2D eigenvalue weighted by atomic mass is 32.2. The number of halogens is 1. The van der Waals surface area contributed by atoms with Crippen LogP contribution in [0.25, 0.3) is 17.2 Å². The number of nitrogens with one attached hydrogen (secondary N) is 1.